The van der Waals surface area contributed by atoms with Gasteiger partial charge in [0.05, 0.1) is 17.9 Å². The van der Waals surface area contributed by atoms with Crippen molar-refractivity contribution in [2.75, 3.05) is 5.32 Å². The molecule has 7 heteroatoms. The number of hydrogen-bond acceptors (Lipinski definition) is 4. The van der Waals surface area contributed by atoms with Crippen molar-refractivity contribution in [3.8, 4) is 5.75 Å². The predicted molar refractivity (Wildman–Crippen MR) is 88.6 cm³/mol. The number of nitrogens with zero attached hydrogens (tertiary/aromatic N) is 2. The molecule has 1 aromatic heterocycles. The van der Waals surface area contributed by atoms with E-state index in [1.807, 2.05) is 20.9 Å². The molecule has 0 fully saturated rings. The van der Waals surface area contributed by atoms with E-state index < -0.39 is 17.4 Å². The molecule has 1 aliphatic heterocycles. The van der Waals surface area contributed by atoms with Crippen LogP contribution in [0.25, 0.3) is 0 Å². The van der Waals surface area contributed by atoms with Crippen molar-refractivity contribution in [2.24, 2.45) is 7.05 Å². The SMILES string of the molecule is Cc1c(C(C)NC(=O)C2(C)Oc3ccccc3NC2=O)cnn1C. The molecule has 1 aromatic carbocycles. The summed E-state index contributed by atoms with van der Waals surface area (Å²) in [5, 5.41) is 9.74. The normalized spacial score (nSPS) is 20.6. The number of ether oxygens (including phenoxy) is 1. The lowest BCUT2D eigenvalue weighted by molar-refractivity contribution is -0.147. The van der Waals surface area contributed by atoms with Crippen molar-refractivity contribution in [1.82, 2.24) is 15.1 Å². The molecule has 24 heavy (non-hydrogen) atoms. The zero-order valence-corrected chi connectivity index (χ0v) is 14.1. The third-order valence-electron chi connectivity index (χ3n) is 4.40. The standard InChI is InChI=1S/C17H20N4O3/c1-10(12-9-18-21(4)11(12)2)19-15(22)17(3)16(23)20-13-7-5-6-8-14(13)24-17/h5-10H,1-4H3,(H,19,22)(H,20,23). The number of aryl methyl sites for hydroxylation is 1. The minimum atomic E-state index is -1.63. The Morgan fingerprint density at radius 3 is 2.79 bits per heavy atom. The van der Waals surface area contributed by atoms with Crippen LogP contribution in [0.3, 0.4) is 0 Å². The van der Waals surface area contributed by atoms with Gasteiger partial charge in [-0.25, -0.2) is 0 Å². The van der Waals surface area contributed by atoms with Gasteiger partial charge in [-0.05, 0) is 32.9 Å². The summed E-state index contributed by atoms with van der Waals surface area (Å²) in [6.45, 7) is 5.24. The zero-order valence-electron chi connectivity index (χ0n) is 14.1. The molecule has 2 N–H and O–H groups in total. The van der Waals surface area contributed by atoms with Crippen LogP contribution in [0.5, 0.6) is 5.75 Å². The molecule has 2 unspecified atom stereocenters. The van der Waals surface area contributed by atoms with Crippen LogP contribution in [0.4, 0.5) is 5.69 Å². The van der Waals surface area contributed by atoms with Gasteiger partial charge in [0.1, 0.15) is 5.75 Å². The molecule has 0 radical (unpaired) electrons. The summed E-state index contributed by atoms with van der Waals surface area (Å²) in [5.74, 6) is -0.515. The number of carbonyl (C=O) groups is 2. The third kappa shape index (κ3) is 2.51. The Kier molecular flexibility index (Phi) is 3.79. The number of aromatic nitrogens is 2. The van der Waals surface area contributed by atoms with Crippen LogP contribution in [-0.4, -0.2) is 27.2 Å². The van der Waals surface area contributed by atoms with E-state index in [9.17, 15) is 9.59 Å². The highest BCUT2D eigenvalue weighted by molar-refractivity contribution is 6.15. The molecule has 126 valence electrons. The molecular weight excluding hydrogens is 308 g/mol. The molecule has 0 saturated heterocycles. The Bertz CT molecular complexity index is 814. The molecule has 0 aliphatic carbocycles. The van der Waals surface area contributed by atoms with Gasteiger partial charge in [0, 0.05) is 18.3 Å². The number of carbonyl (C=O) groups excluding carboxylic acids is 2. The van der Waals surface area contributed by atoms with Gasteiger partial charge in [-0.1, -0.05) is 12.1 Å². The minimum Gasteiger partial charge on any atom is -0.466 e. The summed E-state index contributed by atoms with van der Waals surface area (Å²) in [6.07, 6.45) is 1.71. The fourth-order valence-corrected chi connectivity index (χ4v) is 2.67. The van der Waals surface area contributed by atoms with E-state index in [1.54, 1.807) is 35.1 Å². The van der Waals surface area contributed by atoms with Crippen LogP contribution < -0.4 is 15.4 Å². The number of nitrogens with one attached hydrogen (secondary N) is 2. The highest BCUT2D eigenvalue weighted by Gasteiger charge is 2.47. The van der Waals surface area contributed by atoms with Crippen LogP contribution in [0.2, 0.25) is 0 Å². The molecule has 2 amide bonds. The highest BCUT2D eigenvalue weighted by atomic mass is 16.5. The fraction of sp³-hybridized carbons (Fsp3) is 0.353. The van der Waals surface area contributed by atoms with Gasteiger partial charge in [-0.2, -0.15) is 5.10 Å². The highest BCUT2D eigenvalue weighted by Crippen LogP contribution is 2.33. The Morgan fingerprint density at radius 1 is 1.42 bits per heavy atom. The number of rotatable bonds is 3. The fourth-order valence-electron chi connectivity index (χ4n) is 2.67. The van der Waals surface area contributed by atoms with E-state index in [4.69, 9.17) is 4.74 Å². The van der Waals surface area contributed by atoms with E-state index in [-0.39, 0.29) is 6.04 Å². The Hall–Kier alpha value is -2.83. The molecule has 2 heterocycles. The molecule has 2 atom stereocenters. The first-order valence-electron chi connectivity index (χ1n) is 7.72. The van der Waals surface area contributed by atoms with Gasteiger partial charge < -0.3 is 15.4 Å². The molecule has 0 spiro atoms. The lowest BCUT2D eigenvalue weighted by atomic mass is 10.0. The number of anilines is 1. The summed E-state index contributed by atoms with van der Waals surface area (Å²) in [7, 11) is 1.84. The van der Waals surface area contributed by atoms with Gasteiger partial charge in [0.25, 0.3) is 17.4 Å². The Balaban J connectivity index is 1.81. The molecule has 3 rings (SSSR count). The number of benzene rings is 1. The predicted octanol–water partition coefficient (Wildman–Crippen LogP) is 1.70. The lowest BCUT2D eigenvalue weighted by Crippen LogP contribution is -2.59. The second kappa shape index (κ2) is 5.67. The van der Waals surface area contributed by atoms with Gasteiger partial charge in [0.2, 0.25) is 0 Å². The van der Waals surface area contributed by atoms with Gasteiger partial charge in [-0.3, -0.25) is 14.3 Å². The molecular formula is C17H20N4O3. The Labute approximate surface area is 140 Å². The monoisotopic (exact) mass is 328 g/mol. The number of hydrogen-bond donors (Lipinski definition) is 2. The van der Waals surface area contributed by atoms with Crippen molar-refractivity contribution in [3.05, 3.63) is 41.7 Å². The summed E-state index contributed by atoms with van der Waals surface area (Å²) in [5.41, 5.74) is 0.779. The van der Waals surface area contributed by atoms with Gasteiger partial charge >= 0.3 is 0 Å². The number of fused-ring (bicyclic) bond motifs is 1. The van der Waals surface area contributed by atoms with Crippen molar-refractivity contribution < 1.29 is 14.3 Å². The second-order valence-corrected chi connectivity index (χ2v) is 6.09. The minimum absolute atomic E-state index is 0.295. The zero-order chi connectivity index (χ0) is 17.5. The van der Waals surface area contributed by atoms with Crippen molar-refractivity contribution in [2.45, 2.75) is 32.4 Å². The van der Waals surface area contributed by atoms with Crippen molar-refractivity contribution in [3.63, 3.8) is 0 Å². The maximum atomic E-state index is 12.7. The smallest absolute Gasteiger partial charge is 0.278 e. The van der Waals surface area contributed by atoms with Crippen LogP contribution in [0.15, 0.2) is 30.5 Å². The largest absolute Gasteiger partial charge is 0.466 e. The second-order valence-electron chi connectivity index (χ2n) is 6.09. The first-order chi connectivity index (χ1) is 11.3. The molecule has 0 bridgehead atoms. The van der Waals surface area contributed by atoms with Crippen LogP contribution >= 0.6 is 0 Å². The average molecular weight is 328 g/mol. The first-order valence-corrected chi connectivity index (χ1v) is 7.72. The maximum absolute atomic E-state index is 12.7. The average Bonchev–Trinajstić information content (AvgIpc) is 2.88. The topological polar surface area (TPSA) is 85.2 Å². The summed E-state index contributed by atoms with van der Waals surface area (Å²) in [6, 6.07) is 6.73. The van der Waals surface area contributed by atoms with E-state index in [2.05, 4.69) is 15.7 Å². The molecule has 0 saturated carbocycles. The number of amides is 2. The quantitative estimate of drug-likeness (QED) is 0.840. The van der Waals surface area contributed by atoms with Crippen LogP contribution in [-0.2, 0) is 16.6 Å². The van der Waals surface area contributed by atoms with E-state index >= 15 is 0 Å². The van der Waals surface area contributed by atoms with E-state index in [0.29, 0.717) is 11.4 Å². The van der Waals surface area contributed by atoms with Gasteiger partial charge in [0.15, 0.2) is 0 Å². The number of para-hydroxylation sites is 2. The van der Waals surface area contributed by atoms with Crippen LogP contribution in [0.1, 0.15) is 31.1 Å². The molecule has 2 aromatic rings. The third-order valence-corrected chi connectivity index (χ3v) is 4.40. The first kappa shape index (κ1) is 16.0. The van der Waals surface area contributed by atoms with Crippen LogP contribution in [0, 0.1) is 6.92 Å². The van der Waals surface area contributed by atoms with Crippen molar-refractivity contribution >= 4 is 17.5 Å². The van der Waals surface area contributed by atoms with Crippen molar-refractivity contribution in [1.29, 1.82) is 0 Å². The molecule has 7 nitrogen and oxygen atoms in total. The van der Waals surface area contributed by atoms with E-state index in [0.717, 1.165) is 11.3 Å². The maximum Gasteiger partial charge on any atom is 0.278 e. The summed E-state index contributed by atoms with van der Waals surface area (Å²) >= 11 is 0. The van der Waals surface area contributed by atoms with Gasteiger partial charge in [-0.15, -0.1) is 0 Å². The van der Waals surface area contributed by atoms with E-state index in [1.165, 1.54) is 6.92 Å². The summed E-state index contributed by atoms with van der Waals surface area (Å²) in [4.78, 5) is 25.1. The molecule has 1 aliphatic rings. The summed E-state index contributed by atoms with van der Waals surface area (Å²) < 4.78 is 7.46. The Morgan fingerprint density at radius 2 is 2.12 bits per heavy atom. The lowest BCUT2D eigenvalue weighted by Gasteiger charge is -2.34.